The van der Waals surface area contributed by atoms with Gasteiger partial charge >= 0.3 is 0 Å². The number of carbonyl (C=O) groups excluding carboxylic acids is 1. The molecule has 0 saturated heterocycles. The molecule has 0 unspecified atom stereocenters. The van der Waals surface area contributed by atoms with Crippen LogP contribution in [0.3, 0.4) is 0 Å². The van der Waals surface area contributed by atoms with E-state index in [1.807, 2.05) is 12.1 Å². The zero-order chi connectivity index (χ0) is 14.1. The van der Waals surface area contributed by atoms with Gasteiger partial charge in [-0.05, 0) is 30.3 Å². The number of nitrogens with zero attached hydrogens (tertiary/aromatic N) is 1. The van der Waals surface area contributed by atoms with Crippen LogP contribution in [0.5, 0.6) is 0 Å². The minimum atomic E-state index is -0.804. The summed E-state index contributed by atoms with van der Waals surface area (Å²) < 4.78 is 27.1. The summed E-state index contributed by atoms with van der Waals surface area (Å²) >= 11 is 0. The molecule has 0 aliphatic carbocycles. The molecule has 1 aromatic heterocycles. The molecule has 3 rings (SSSR count). The maximum Gasteiger partial charge on any atom is 0.281 e. The summed E-state index contributed by atoms with van der Waals surface area (Å²) in [4.78, 5) is 11.6. The molecule has 5 heteroatoms. The Labute approximate surface area is 113 Å². The molecule has 3 nitrogen and oxygen atoms in total. The number of fused-ring (bicyclic) bond motifs is 1. The Bertz CT molecular complexity index is 778. The number of aromatic nitrogens is 1. The van der Waals surface area contributed by atoms with E-state index in [9.17, 15) is 13.7 Å². The van der Waals surface area contributed by atoms with Gasteiger partial charge in [-0.1, -0.05) is 22.7 Å². The van der Waals surface area contributed by atoms with Gasteiger partial charge in [0.1, 0.15) is 5.82 Å². The fraction of sp³-hybridized carbons (Fsp3) is 0. The van der Waals surface area contributed by atoms with Crippen LogP contribution in [-0.2, 0) is 0 Å². The molecule has 0 bridgehead atoms. The molecule has 1 N–H and O–H groups in total. The minimum absolute atomic E-state index is 0.229. The van der Waals surface area contributed by atoms with Crippen molar-refractivity contribution in [1.29, 1.82) is 0 Å². The number of para-hydroxylation sites is 1. The quantitative estimate of drug-likeness (QED) is 0.713. The van der Waals surface area contributed by atoms with E-state index in [0.717, 1.165) is 11.1 Å². The molecule has 0 fully saturated rings. The first-order valence-electron chi connectivity index (χ1n) is 5.97. The Hall–Kier alpha value is -2.69. The largest absolute Gasteiger partial charge is 0.316 e. The smallest absolute Gasteiger partial charge is 0.281 e. The maximum atomic E-state index is 13.0. The molecule has 20 heavy (non-hydrogen) atoms. The van der Waals surface area contributed by atoms with Gasteiger partial charge in [0.25, 0.3) is 5.91 Å². The number of carbonyl (C=O) groups is 1. The molecule has 3 aromatic rings. The molecule has 0 saturated carbocycles. The molecule has 2 aromatic carbocycles. The van der Waals surface area contributed by atoms with Crippen LogP contribution in [0.2, 0.25) is 0 Å². The van der Waals surface area contributed by atoms with E-state index < -0.39 is 5.91 Å². The number of hydrogen-bond acceptors (Lipinski definition) is 1. The lowest BCUT2D eigenvalue weighted by atomic mass is 10.2. The summed E-state index contributed by atoms with van der Waals surface area (Å²) in [6, 6.07) is 13.0. The molecule has 0 aliphatic heterocycles. The highest BCUT2D eigenvalue weighted by Crippen LogP contribution is 2.25. The normalized spacial score (nSPS) is 10.7. The summed E-state index contributed by atoms with van der Waals surface area (Å²) in [5.74, 6) is -1.14. The first kappa shape index (κ1) is 12.3. The van der Waals surface area contributed by atoms with Crippen LogP contribution in [0, 0.1) is 5.82 Å². The van der Waals surface area contributed by atoms with Crippen molar-refractivity contribution in [3.8, 4) is 5.69 Å². The van der Waals surface area contributed by atoms with Crippen molar-refractivity contribution in [2.24, 2.45) is 0 Å². The number of nitrogens with one attached hydrogen (secondary N) is 1. The Morgan fingerprint density at radius 2 is 1.75 bits per heavy atom. The van der Waals surface area contributed by atoms with Crippen LogP contribution in [0.1, 0.15) is 10.4 Å². The van der Waals surface area contributed by atoms with E-state index in [4.69, 9.17) is 0 Å². The number of rotatable bonds is 2. The van der Waals surface area contributed by atoms with Gasteiger partial charge in [-0.25, -0.2) is 4.39 Å². The molecular formula is C15H10F2N2O. The topological polar surface area (TPSA) is 34.0 Å². The lowest BCUT2D eigenvalue weighted by Crippen LogP contribution is -2.12. The first-order valence-corrected chi connectivity index (χ1v) is 5.97. The Morgan fingerprint density at radius 3 is 2.45 bits per heavy atom. The van der Waals surface area contributed by atoms with Gasteiger partial charge in [0.2, 0.25) is 0 Å². The third kappa shape index (κ3) is 1.93. The van der Waals surface area contributed by atoms with Gasteiger partial charge in [-0.15, -0.1) is 0 Å². The zero-order valence-corrected chi connectivity index (χ0v) is 10.3. The first-order chi connectivity index (χ1) is 9.70. The average molecular weight is 272 g/mol. The van der Waals surface area contributed by atoms with Crippen LogP contribution in [-0.4, -0.2) is 10.5 Å². The Balaban J connectivity index is 2.26. The predicted molar refractivity (Wildman–Crippen MR) is 71.8 cm³/mol. The van der Waals surface area contributed by atoms with Crippen molar-refractivity contribution >= 4 is 16.8 Å². The minimum Gasteiger partial charge on any atom is -0.316 e. The van der Waals surface area contributed by atoms with E-state index >= 15 is 0 Å². The van der Waals surface area contributed by atoms with Crippen molar-refractivity contribution in [2.45, 2.75) is 0 Å². The fourth-order valence-electron chi connectivity index (χ4n) is 2.23. The summed E-state index contributed by atoms with van der Waals surface area (Å²) in [5, 5.41) is 0.631. The maximum absolute atomic E-state index is 13.0. The number of hydrogen-bond donors (Lipinski definition) is 1. The van der Waals surface area contributed by atoms with Crippen LogP contribution in [0.25, 0.3) is 16.6 Å². The highest BCUT2D eigenvalue weighted by molar-refractivity contribution is 6.07. The zero-order valence-electron chi connectivity index (χ0n) is 10.3. The van der Waals surface area contributed by atoms with Crippen LogP contribution >= 0.6 is 0 Å². The Morgan fingerprint density at radius 1 is 1.05 bits per heavy atom. The summed E-state index contributed by atoms with van der Waals surface area (Å²) in [7, 11) is 0. The van der Waals surface area contributed by atoms with Gasteiger partial charge in [-0.3, -0.25) is 4.79 Å². The number of amides is 1. The Kier molecular flexibility index (Phi) is 2.95. The number of benzene rings is 2. The van der Waals surface area contributed by atoms with Gasteiger partial charge in [0.15, 0.2) is 0 Å². The molecule has 0 spiro atoms. The second-order valence-electron chi connectivity index (χ2n) is 4.33. The number of halogens is 2. The molecule has 100 valence electrons. The fourth-order valence-corrected chi connectivity index (χ4v) is 2.23. The third-order valence-electron chi connectivity index (χ3n) is 3.15. The molecule has 0 aliphatic rings. The van der Waals surface area contributed by atoms with E-state index in [2.05, 4.69) is 0 Å². The lowest BCUT2D eigenvalue weighted by molar-refractivity contribution is 0.0861. The van der Waals surface area contributed by atoms with E-state index in [0.29, 0.717) is 11.1 Å². The van der Waals surface area contributed by atoms with Crippen molar-refractivity contribution in [1.82, 2.24) is 10.1 Å². The van der Waals surface area contributed by atoms with Crippen LogP contribution in [0.15, 0.2) is 54.7 Å². The summed E-state index contributed by atoms with van der Waals surface area (Å²) in [6.07, 6.45) is 1.53. The van der Waals surface area contributed by atoms with Crippen LogP contribution in [0.4, 0.5) is 8.87 Å². The predicted octanol–water partition coefficient (Wildman–Crippen LogP) is 3.38. The van der Waals surface area contributed by atoms with Crippen molar-refractivity contribution in [2.75, 3.05) is 0 Å². The lowest BCUT2D eigenvalue weighted by Gasteiger charge is -2.04. The second-order valence-corrected chi connectivity index (χ2v) is 4.33. The summed E-state index contributed by atoms with van der Waals surface area (Å²) in [5.41, 5.74) is 2.81. The molecule has 1 amide bonds. The molecule has 0 atom stereocenters. The van der Waals surface area contributed by atoms with E-state index in [-0.39, 0.29) is 11.4 Å². The van der Waals surface area contributed by atoms with Crippen molar-refractivity contribution in [3.63, 3.8) is 0 Å². The molecule has 1 heterocycles. The molecular weight excluding hydrogens is 262 g/mol. The average Bonchev–Trinajstić information content (AvgIpc) is 2.87. The van der Waals surface area contributed by atoms with Gasteiger partial charge in [0, 0.05) is 17.3 Å². The van der Waals surface area contributed by atoms with Gasteiger partial charge in [0.05, 0.1) is 11.1 Å². The second kappa shape index (κ2) is 4.77. The highest BCUT2D eigenvalue weighted by atomic mass is 19.2. The third-order valence-corrected chi connectivity index (χ3v) is 3.15. The SMILES string of the molecule is O=C(NF)c1cn(-c2ccc(F)cc2)c2ccccc12. The van der Waals surface area contributed by atoms with Gasteiger partial charge < -0.3 is 4.57 Å². The van der Waals surface area contributed by atoms with Crippen LogP contribution < -0.4 is 5.54 Å². The van der Waals surface area contributed by atoms with Crippen molar-refractivity contribution in [3.05, 3.63) is 66.1 Å². The highest BCUT2D eigenvalue weighted by Gasteiger charge is 2.15. The monoisotopic (exact) mass is 272 g/mol. The standard InChI is InChI=1S/C15H10F2N2O/c16-10-5-7-11(8-6-10)19-9-13(15(20)18-17)12-3-1-2-4-14(12)19/h1-9H,(H,18,20). The van der Waals surface area contributed by atoms with Crippen molar-refractivity contribution < 1.29 is 13.7 Å². The van der Waals surface area contributed by atoms with Gasteiger partial charge in [-0.2, -0.15) is 5.54 Å². The molecule has 0 radical (unpaired) electrons. The summed E-state index contributed by atoms with van der Waals surface area (Å²) in [6.45, 7) is 0. The van der Waals surface area contributed by atoms with E-state index in [1.165, 1.54) is 18.3 Å². The van der Waals surface area contributed by atoms with E-state index in [1.54, 1.807) is 28.8 Å².